The van der Waals surface area contributed by atoms with Gasteiger partial charge in [-0.2, -0.15) is 13.2 Å². The van der Waals surface area contributed by atoms with Gasteiger partial charge in [-0.25, -0.2) is 0 Å². The molecule has 0 aliphatic carbocycles. The third kappa shape index (κ3) is 5.69. The topological polar surface area (TPSA) is 15.3 Å². The maximum atomic E-state index is 12.8. The molecule has 0 saturated carbocycles. The molecule has 1 saturated heterocycles. The maximum Gasteiger partial charge on any atom is 0.393 e. The molecule has 1 fully saturated rings. The monoisotopic (exact) mass is 280 g/mol. The number of nitrogens with zero attached hydrogens (tertiary/aromatic N) is 1. The van der Waals surface area contributed by atoms with Crippen LogP contribution >= 0.6 is 0 Å². The van der Waals surface area contributed by atoms with Gasteiger partial charge in [-0.15, -0.1) is 0 Å². The standard InChI is InChI=1S/C14H27F3N2/c1-4-7-18-13(11(2)3)10-19-8-5-6-12(9-19)14(15,16)17/h11-13,18H,4-10H2,1-3H3. The summed E-state index contributed by atoms with van der Waals surface area (Å²) in [6.07, 6.45) is -2.05. The fourth-order valence-electron chi connectivity index (χ4n) is 2.61. The average Bonchev–Trinajstić information content (AvgIpc) is 2.33. The number of hydrogen-bond donors (Lipinski definition) is 1. The van der Waals surface area contributed by atoms with Crippen LogP contribution in [0.25, 0.3) is 0 Å². The minimum Gasteiger partial charge on any atom is -0.312 e. The molecule has 0 aromatic rings. The second kappa shape index (κ2) is 7.48. The Labute approximate surface area is 114 Å². The summed E-state index contributed by atoms with van der Waals surface area (Å²) in [6.45, 7) is 8.97. The van der Waals surface area contributed by atoms with Crippen LogP contribution in [0.15, 0.2) is 0 Å². The number of alkyl halides is 3. The summed E-state index contributed by atoms with van der Waals surface area (Å²) >= 11 is 0. The van der Waals surface area contributed by atoms with E-state index in [2.05, 4.69) is 26.1 Å². The van der Waals surface area contributed by atoms with Gasteiger partial charge in [0.25, 0.3) is 0 Å². The Hall–Kier alpha value is -0.290. The van der Waals surface area contributed by atoms with Gasteiger partial charge in [-0.3, -0.25) is 0 Å². The highest BCUT2D eigenvalue weighted by Gasteiger charge is 2.41. The molecule has 2 unspecified atom stereocenters. The summed E-state index contributed by atoms with van der Waals surface area (Å²) in [5, 5.41) is 3.45. The zero-order valence-electron chi connectivity index (χ0n) is 12.3. The average molecular weight is 280 g/mol. The Balaban J connectivity index is 2.49. The normalized spacial score (nSPS) is 23.8. The number of nitrogens with one attached hydrogen (secondary N) is 1. The Bertz CT molecular complexity index is 254. The van der Waals surface area contributed by atoms with Crippen LogP contribution < -0.4 is 5.32 Å². The smallest absolute Gasteiger partial charge is 0.312 e. The van der Waals surface area contributed by atoms with E-state index in [0.29, 0.717) is 12.3 Å². The van der Waals surface area contributed by atoms with Crippen molar-refractivity contribution in [2.75, 3.05) is 26.2 Å². The molecule has 0 aromatic heterocycles. The van der Waals surface area contributed by atoms with E-state index < -0.39 is 12.1 Å². The molecule has 0 amide bonds. The predicted molar refractivity (Wildman–Crippen MR) is 72.1 cm³/mol. The van der Waals surface area contributed by atoms with Crippen LogP contribution in [-0.4, -0.2) is 43.3 Å². The quantitative estimate of drug-likeness (QED) is 0.803. The zero-order valence-corrected chi connectivity index (χ0v) is 12.3. The van der Waals surface area contributed by atoms with Gasteiger partial charge < -0.3 is 10.2 Å². The molecule has 1 rings (SSSR count). The molecule has 2 atom stereocenters. The molecule has 1 N–H and O–H groups in total. The fourth-order valence-corrected chi connectivity index (χ4v) is 2.61. The third-order valence-electron chi connectivity index (χ3n) is 3.88. The zero-order chi connectivity index (χ0) is 14.5. The van der Waals surface area contributed by atoms with Gasteiger partial charge in [-0.05, 0) is 38.3 Å². The first-order valence-electron chi connectivity index (χ1n) is 7.37. The third-order valence-corrected chi connectivity index (χ3v) is 3.88. The second-order valence-electron chi connectivity index (χ2n) is 5.94. The second-order valence-corrected chi connectivity index (χ2v) is 5.94. The molecule has 1 heterocycles. The van der Waals surface area contributed by atoms with Crippen LogP contribution in [0, 0.1) is 11.8 Å². The minimum atomic E-state index is -4.04. The van der Waals surface area contributed by atoms with Crippen molar-refractivity contribution in [3.63, 3.8) is 0 Å². The largest absolute Gasteiger partial charge is 0.393 e. The highest BCUT2D eigenvalue weighted by molar-refractivity contribution is 4.82. The van der Waals surface area contributed by atoms with Crippen molar-refractivity contribution < 1.29 is 13.2 Å². The number of likely N-dealkylation sites (tertiary alicyclic amines) is 1. The molecule has 1 aliphatic heterocycles. The van der Waals surface area contributed by atoms with E-state index >= 15 is 0 Å². The predicted octanol–water partition coefficient (Wildman–Crippen LogP) is 3.28. The molecular formula is C14H27F3N2. The molecule has 19 heavy (non-hydrogen) atoms. The van der Waals surface area contributed by atoms with Gasteiger partial charge >= 0.3 is 6.18 Å². The summed E-state index contributed by atoms with van der Waals surface area (Å²) in [4.78, 5) is 1.98. The van der Waals surface area contributed by atoms with E-state index in [1.807, 2.05) is 4.90 Å². The Morgan fingerprint density at radius 2 is 2.00 bits per heavy atom. The van der Waals surface area contributed by atoms with E-state index in [1.165, 1.54) is 0 Å². The molecule has 0 radical (unpaired) electrons. The van der Waals surface area contributed by atoms with E-state index in [4.69, 9.17) is 0 Å². The van der Waals surface area contributed by atoms with E-state index in [-0.39, 0.29) is 19.0 Å². The van der Waals surface area contributed by atoms with Gasteiger partial charge in [0.05, 0.1) is 5.92 Å². The van der Waals surface area contributed by atoms with Gasteiger partial charge in [-0.1, -0.05) is 20.8 Å². The SMILES string of the molecule is CCCNC(CN1CCCC(C(F)(F)F)C1)C(C)C. The van der Waals surface area contributed by atoms with E-state index in [1.54, 1.807) is 0 Å². The van der Waals surface area contributed by atoms with Crippen LogP contribution in [0.3, 0.4) is 0 Å². The number of rotatable bonds is 6. The van der Waals surface area contributed by atoms with Crippen molar-refractivity contribution in [3.05, 3.63) is 0 Å². The van der Waals surface area contributed by atoms with Crippen molar-refractivity contribution in [1.82, 2.24) is 10.2 Å². The molecular weight excluding hydrogens is 253 g/mol. The number of halogens is 3. The van der Waals surface area contributed by atoms with Crippen molar-refractivity contribution in [2.24, 2.45) is 11.8 Å². The van der Waals surface area contributed by atoms with Crippen LogP contribution in [0.1, 0.15) is 40.0 Å². The summed E-state index contributed by atoms with van der Waals surface area (Å²) in [5.41, 5.74) is 0. The summed E-state index contributed by atoms with van der Waals surface area (Å²) in [5.74, 6) is -0.696. The molecule has 0 bridgehead atoms. The summed E-state index contributed by atoms with van der Waals surface area (Å²) in [6, 6.07) is 0.284. The Morgan fingerprint density at radius 1 is 1.32 bits per heavy atom. The number of piperidine rings is 1. The highest BCUT2D eigenvalue weighted by atomic mass is 19.4. The molecule has 0 aromatic carbocycles. The van der Waals surface area contributed by atoms with Crippen LogP contribution in [0.5, 0.6) is 0 Å². The lowest BCUT2D eigenvalue weighted by Crippen LogP contribution is -2.49. The molecule has 2 nitrogen and oxygen atoms in total. The fraction of sp³-hybridized carbons (Fsp3) is 1.00. The molecule has 5 heteroatoms. The van der Waals surface area contributed by atoms with Gasteiger partial charge in [0, 0.05) is 19.1 Å². The van der Waals surface area contributed by atoms with Crippen LogP contribution in [0.4, 0.5) is 13.2 Å². The van der Waals surface area contributed by atoms with Gasteiger partial charge in [0.2, 0.25) is 0 Å². The lowest BCUT2D eigenvalue weighted by molar-refractivity contribution is -0.187. The first-order chi connectivity index (χ1) is 8.84. The first kappa shape index (κ1) is 16.8. The first-order valence-corrected chi connectivity index (χ1v) is 7.37. The minimum absolute atomic E-state index is 0.167. The molecule has 0 spiro atoms. The molecule has 1 aliphatic rings. The van der Waals surface area contributed by atoms with Gasteiger partial charge in [0.15, 0.2) is 0 Å². The van der Waals surface area contributed by atoms with E-state index in [0.717, 1.165) is 26.1 Å². The van der Waals surface area contributed by atoms with Crippen molar-refractivity contribution >= 4 is 0 Å². The Kier molecular flexibility index (Phi) is 6.60. The highest BCUT2D eigenvalue weighted by Crippen LogP contribution is 2.33. The summed E-state index contributed by atoms with van der Waals surface area (Å²) in [7, 11) is 0. The summed E-state index contributed by atoms with van der Waals surface area (Å²) < 4.78 is 38.3. The van der Waals surface area contributed by atoms with Gasteiger partial charge in [0.1, 0.15) is 0 Å². The maximum absolute atomic E-state index is 12.8. The van der Waals surface area contributed by atoms with E-state index in [9.17, 15) is 13.2 Å². The number of hydrogen-bond acceptors (Lipinski definition) is 2. The van der Waals surface area contributed by atoms with Crippen molar-refractivity contribution in [2.45, 2.75) is 52.3 Å². The van der Waals surface area contributed by atoms with Crippen molar-refractivity contribution in [3.8, 4) is 0 Å². The van der Waals surface area contributed by atoms with Crippen LogP contribution in [-0.2, 0) is 0 Å². The Morgan fingerprint density at radius 3 is 2.53 bits per heavy atom. The van der Waals surface area contributed by atoms with Crippen LogP contribution in [0.2, 0.25) is 0 Å². The lowest BCUT2D eigenvalue weighted by Gasteiger charge is -2.37. The van der Waals surface area contributed by atoms with Crippen molar-refractivity contribution in [1.29, 1.82) is 0 Å². The molecule has 114 valence electrons. The lowest BCUT2D eigenvalue weighted by atomic mass is 9.95.